The van der Waals surface area contributed by atoms with Gasteiger partial charge in [0.25, 0.3) is 0 Å². The molecule has 4 rings (SSSR count). The first-order chi connectivity index (χ1) is 9.77. The van der Waals surface area contributed by atoms with E-state index in [0.29, 0.717) is 0 Å². The van der Waals surface area contributed by atoms with Crippen molar-refractivity contribution < 1.29 is 0 Å². The van der Waals surface area contributed by atoms with E-state index in [1.165, 1.54) is 77.0 Å². The topological polar surface area (TPSA) is 15.3 Å². The largest absolute Gasteiger partial charge is 0.311 e. The summed E-state index contributed by atoms with van der Waals surface area (Å²) in [5, 5.41) is 4.14. The molecule has 0 aromatic carbocycles. The molecular weight excluding hydrogens is 244 g/mol. The first-order valence-corrected chi connectivity index (χ1v) is 9.25. The molecule has 0 amide bonds. The molecule has 2 aliphatic heterocycles. The smallest absolute Gasteiger partial charge is 0.0126 e. The van der Waals surface area contributed by atoms with Crippen LogP contribution in [0.2, 0.25) is 0 Å². The highest BCUT2D eigenvalue weighted by Crippen LogP contribution is 2.52. The van der Waals surface area contributed by atoms with Crippen LogP contribution >= 0.6 is 0 Å². The summed E-state index contributed by atoms with van der Waals surface area (Å²) in [6.45, 7) is 0. The Kier molecular flexibility index (Phi) is 3.58. The monoisotopic (exact) mass is 276 g/mol. The molecule has 2 saturated heterocycles. The second-order valence-electron chi connectivity index (χ2n) is 8.25. The van der Waals surface area contributed by atoms with Gasteiger partial charge in [0.2, 0.25) is 0 Å². The number of rotatable bonds is 2. The van der Waals surface area contributed by atoms with Crippen molar-refractivity contribution in [2.75, 3.05) is 7.05 Å². The second-order valence-corrected chi connectivity index (χ2v) is 8.25. The minimum absolute atomic E-state index is 0.733. The molecule has 2 bridgehead atoms. The van der Waals surface area contributed by atoms with E-state index in [1.807, 2.05) is 0 Å². The van der Waals surface area contributed by atoms with Crippen molar-refractivity contribution in [1.82, 2.24) is 10.2 Å². The maximum Gasteiger partial charge on any atom is 0.0126 e. The molecule has 0 aromatic heterocycles. The lowest BCUT2D eigenvalue weighted by atomic mass is 9.57. The summed E-state index contributed by atoms with van der Waals surface area (Å²) < 4.78 is 0. The molecule has 1 N–H and O–H groups in total. The molecule has 2 aliphatic carbocycles. The molecule has 3 unspecified atom stereocenters. The minimum Gasteiger partial charge on any atom is -0.311 e. The predicted molar refractivity (Wildman–Crippen MR) is 83.9 cm³/mol. The van der Waals surface area contributed by atoms with Gasteiger partial charge in [-0.05, 0) is 63.8 Å². The molecule has 20 heavy (non-hydrogen) atoms. The Morgan fingerprint density at radius 1 is 0.850 bits per heavy atom. The minimum atomic E-state index is 0.733. The number of nitrogens with zero attached hydrogens (tertiary/aromatic N) is 1. The van der Waals surface area contributed by atoms with Crippen LogP contribution in [0.3, 0.4) is 0 Å². The van der Waals surface area contributed by atoms with Crippen LogP contribution in [0.1, 0.15) is 77.0 Å². The molecule has 2 saturated carbocycles. The van der Waals surface area contributed by atoms with E-state index in [4.69, 9.17) is 0 Å². The van der Waals surface area contributed by atoms with E-state index >= 15 is 0 Å². The van der Waals surface area contributed by atoms with Crippen molar-refractivity contribution in [1.29, 1.82) is 0 Å². The molecule has 0 aromatic rings. The van der Waals surface area contributed by atoms with Crippen molar-refractivity contribution in [2.45, 2.75) is 101 Å². The Morgan fingerprint density at radius 2 is 1.55 bits per heavy atom. The van der Waals surface area contributed by atoms with Crippen molar-refractivity contribution in [3.05, 3.63) is 0 Å². The molecule has 114 valence electrons. The van der Waals surface area contributed by atoms with Crippen LogP contribution in [0.5, 0.6) is 0 Å². The van der Waals surface area contributed by atoms with Crippen molar-refractivity contribution in [3.8, 4) is 0 Å². The highest BCUT2D eigenvalue weighted by molar-refractivity contribution is 5.04. The predicted octanol–water partition coefficient (Wildman–Crippen LogP) is 3.70. The molecule has 2 heterocycles. The Labute approximate surface area is 124 Å². The normalized spacial score (nSPS) is 44.2. The highest BCUT2D eigenvalue weighted by Gasteiger charge is 2.48. The molecule has 3 atom stereocenters. The molecule has 2 heteroatoms. The zero-order valence-electron chi connectivity index (χ0n) is 13.2. The zero-order valence-corrected chi connectivity index (χ0v) is 13.2. The quantitative estimate of drug-likeness (QED) is 0.827. The first-order valence-electron chi connectivity index (χ1n) is 9.25. The summed E-state index contributed by atoms with van der Waals surface area (Å²) in [6.07, 6.45) is 17.7. The van der Waals surface area contributed by atoms with E-state index in [1.54, 1.807) is 0 Å². The lowest BCUT2D eigenvalue weighted by Gasteiger charge is -2.55. The fourth-order valence-corrected chi connectivity index (χ4v) is 5.85. The number of fused-ring (bicyclic) bond motifs is 2. The third-order valence-corrected chi connectivity index (χ3v) is 7.30. The van der Waals surface area contributed by atoms with Gasteiger partial charge in [-0.1, -0.05) is 25.7 Å². The number of hydrogen-bond acceptors (Lipinski definition) is 2. The van der Waals surface area contributed by atoms with E-state index in [9.17, 15) is 0 Å². The summed E-state index contributed by atoms with van der Waals surface area (Å²) in [6, 6.07) is 3.45. The Hall–Kier alpha value is -0.0800. The Bertz CT molecular complexity index is 333. The molecule has 2 nitrogen and oxygen atoms in total. The van der Waals surface area contributed by atoms with Gasteiger partial charge in [-0.15, -0.1) is 0 Å². The summed E-state index contributed by atoms with van der Waals surface area (Å²) in [5.74, 6) is 0. The summed E-state index contributed by atoms with van der Waals surface area (Å²) in [4.78, 5) is 2.69. The fraction of sp³-hybridized carbons (Fsp3) is 1.00. The van der Waals surface area contributed by atoms with Gasteiger partial charge in [0, 0.05) is 24.2 Å². The Balaban J connectivity index is 1.38. The number of piperidine rings is 2. The maximum absolute atomic E-state index is 4.14. The lowest BCUT2D eigenvalue weighted by molar-refractivity contribution is -0.00733. The van der Waals surface area contributed by atoms with Gasteiger partial charge >= 0.3 is 0 Å². The number of nitrogens with one attached hydrogen (secondary N) is 1. The van der Waals surface area contributed by atoms with Crippen LogP contribution in [0, 0.1) is 5.41 Å². The molecule has 4 aliphatic rings. The fourth-order valence-electron chi connectivity index (χ4n) is 5.85. The van der Waals surface area contributed by atoms with E-state index in [0.717, 1.165) is 29.6 Å². The first kappa shape index (κ1) is 13.6. The summed E-state index contributed by atoms with van der Waals surface area (Å²) in [5.41, 5.74) is 0.733. The van der Waals surface area contributed by atoms with Gasteiger partial charge in [0.15, 0.2) is 0 Å². The number of hydrogen-bond donors (Lipinski definition) is 1. The van der Waals surface area contributed by atoms with Crippen LogP contribution in [0.4, 0.5) is 0 Å². The Morgan fingerprint density at radius 3 is 2.15 bits per heavy atom. The van der Waals surface area contributed by atoms with Gasteiger partial charge in [-0.25, -0.2) is 0 Å². The third-order valence-electron chi connectivity index (χ3n) is 7.30. The average Bonchev–Trinajstić information content (AvgIpc) is 2.45. The van der Waals surface area contributed by atoms with Crippen LogP contribution in [0.15, 0.2) is 0 Å². The van der Waals surface area contributed by atoms with Crippen molar-refractivity contribution in [3.63, 3.8) is 0 Å². The zero-order chi connectivity index (χ0) is 13.6. The van der Waals surface area contributed by atoms with Gasteiger partial charge in [-0.2, -0.15) is 0 Å². The van der Waals surface area contributed by atoms with Gasteiger partial charge in [0.05, 0.1) is 0 Å². The van der Waals surface area contributed by atoms with Crippen LogP contribution in [-0.2, 0) is 0 Å². The molecule has 1 spiro atoms. The molecule has 4 fully saturated rings. The van der Waals surface area contributed by atoms with Crippen LogP contribution in [0.25, 0.3) is 0 Å². The molecule has 0 radical (unpaired) electrons. The summed E-state index contributed by atoms with van der Waals surface area (Å²) >= 11 is 0. The highest BCUT2D eigenvalue weighted by atomic mass is 15.2. The third kappa shape index (κ3) is 2.23. The second kappa shape index (κ2) is 5.28. The van der Waals surface area contributed by atoms with Crippen LogP contribution < -0.4 is 5.32 Å². The average molecular weight is 276 g/mol. The lowest BCUT2D eigenvalue weighted by Crippen LogP contribution is -2.61. The van der Waals surface area contributed by atoms with Gasteiger partial charge < -0.3 is 10.2 Å². The van der Waals surface area contributed by atoms with Crippen LogP contribution in [-0.4, -0.2) is 36.1 Å². The maximum atomic E-state index is 4.14. The standard InChI is InChI=1S/C18H32N2/c1-20-15-6-5-7-16(20)13-14(12-15)19-17-8-11-18(17)9-3-2-4-10-18/h14-17,19H,2-13H2,1H3. The molecular formula is C18H32N2. The van der Waals surface area contributed by atoms with E-state index in [2.05, 4.69) is 17.3 Å². The van der Waals surface area contributed by atoms with E-state index < -0.39 is 0 Å². The van der Waals surface area contributed by atoms with Crippen molar-refractivity contribution >= 4 is 0 Å². The van der Waals surface area contributed by atoms with Crippen molar-refractivity contribution in [2.24, 2.45) is 5.41 Å². The van der Waals surface area contributed by atoms with Gasteiger partial charge in [-0.3, -0.25) is 0 Å². The van der Waals surface area contributed by atoms with E-state index in [-0.39, 0.29) is 0 Å². The van der Waals surface area contributed by atoms with Gasteiger partial charge in [0.1, 0.15) is 0 Å². The summed E-state index contributed by atoms with van der Waals surface area (Å²) in [7, 11) is 2.37. The SMILES string of the molecule is CN1C2CCCC1CC(NC1CCC13CCCCC3)C2.